The van der Waals surface area contributed by atoms with Gasteiger partial charge in [-0.2, -0.15) is 0 Å². The summed E-state index contributed by atoms with van der Waals surface area (Å²) in [4.78, 5) is 53.6. The third kappa shape index (κ3) is 4.22. The number of aryl methyl sites for hydroxylation is 1. The first-order valence-electron chi connectivity index (χ1n) is 12.9. The molecule has 0 saturated carbocycles. The molecule has 3 fully saturated rings. The maximum Gasteiger partial charge on any atom is 0.264 e. The standard InChI is InChI=1S/C28H30N4O5/c1-17-12-18(6-7-19(17)14-31-15-28(16-31)10-3-11-37-28)13-29-21-5-2-4-20-24(21)27(36)32(26(20)35)22-8-9-23(33)30-25(22)34/h2,4-7,12,22,29H,3,8-11,13-16H2,1H3,(H,30,33,34). The number of piperidine rings is 1. The van der Waals surface area contributed by atoms with Gasteiger partial charge in [0.25, 0.3) is 11.8 Å². The third-order valence-electron chi connectivity index (χ3n) is 7.96. The minimum absolute atomic E-state index is 0.0939. The number of likely N-dealkylation sites (tertiary alicyclic amines) is 1. The van der Waals surface area contributed by atoms with Crippen LogP contribution in [0.2, 0.25) is 0 Å². The van der Waals surface area contributed by atoms with Crippen LogP contribution in [0.4, 0.5) is 5.69 Å². The number of hydrogen-bond acceptors (Lipinski definition) is 7. The molecule has 1 atom stereocenters. The van der Waals surface area contributed by atoms with E-state index in [1.165, 1.54) is 11.1 Å². The van der Waals surface area contributed by atoms with Crippen molar-refractivity contribution in [2.24, 2.45) is 0 Å². The second-order valence-electron chi connectivity index (χ2n) is 10.6. The van der Waals surface area contributed by atoms with Crippen molar-refractivity contribution in [1.29, 1.82) is 0 Å². The largest absolute Gasteiger partial charge is 0.380 e. The van der Waals surface area contributed by atoms with Crippen LogP contribution in [-0.2, 0) is 27.4 Å². The van der Waals surface area contributed by atoms with Gasteiger partial charge >= 0.3 is 0 Å². The van der Waals surface area contributed by atoms with Crippen molar-refractivity contribution < 1.29 is 23.9 Å². The number of anilines is 1. The van der Waals surface area contributed by atoms with E-state index in [9.17, 15) is 19.2 Å². The second kappa shape index (κ2) is 9.08. The fourth-order valence-electron chi connectivity index (χ4n) is 6.03. The van der Waals surface area contributed by atoms with E-state index >= 15 is 0 Å². The van der Waals surface area contributed by atoms with Crippen molar-refractivity contribution in [3.8, 4) is 0 Å². The average molecular weight is 503 g/mol. The Hall–Kier alpha value is -3.56. The maximum atomic E-state index is 13.3. The fourth-order valence-corrected chi connectivity index (χ4v) is 6.03. The molecule has 0 radical (unpaired) electrons. The van der Waals surface area contributed by atoms with Crippen molar-refractivity contribution in [3.05, 3.63) is 64.2 Å². The molecule has 0 aromatic heterocycles. The maximum absolute atomic E-state index is 13.3. The first kappa shape index (κ1) is 23.8. The molecule has 9 nitrogen and oxygen atoms in total. The average Bonchev–Trinajstić information content (AvgIpc) is 3.43. The number of rotatable bonds is 6. The molecule has 4 heterocycles. The van der Waals surface area contributed by atoms with Gasteiger partial charge in [0.1, 0.15) is 6.04 Å². The molecule has 3 saturated heterocycles. The summed E-state index contributed by atoms with van der Waals surface area (Å²) in [5.74, 6) is -2.02. The van der Waals surface area contributed by atoms with E-state index < -0.39 is 29.7 Å². The Balaban J connectivity index is 1.13. The summed E-state index contributed by atoms with van der Waals surface area (Å²) >= 11 is 0. The normalized spacial score (nSPS) is 22.8. The van der Waals surface area contributed by atoms with E-state index in [1.54, 1.807) is 18.2 Å². The topological polar surface area (TPSA) is 108 Å². The Morgan fingerprint density at radius 3 is 2.68 bits per heavy atom. The minimum Gasteiger partial charge on any atom is -0.380 e. The number of imide groups is 2. The fraction of sp³-hybridized carbons (Fsp3) is 0.429. The molecular formula is C28H30N4O5. The van der Waals surface area contributed by atoms with Gasteiger partial charge in [0.15, 0.2) is 0 Å². The highest BCUT2D eigenvalue weighted by Crippen LogP contribution is 2.36. The molecule has 192 valence electrons. The minimum atomic E-state index is -0.977. The smallest absolute Gasteiger partial charge is 0.264 e. The van der Waals surface area contributed by atoms with Crippen LogP contribution in [0.15, 0.2) is 36.4 Å². The molecule has 4 aliphatic rings. The summed E-state index contributed by atoms with van der Waals surface area (Å²) in [6, 6.07) is 10.5. The van der Waals surface area contributed by atoms with Gasteiger partial charge in [0.05, 0.1) is 16.7 Å². The number of amides is 4. The van der Waals surface area contributed by atoms with Crippen molar-refractivity contribution in [2.75, 3.05) is 25.0 Å². The predicted octanol–water partition coefficient (Wildman–Crippen LogP) is 2.37. The monoisotopic (exact) mass is 502 g/mol. The molecule has 1 spiro atoms. The highest BCUT2D eigenvalue weighted by Gasteiger charge is 2.47. The first-order chi connectivity index (χ1) is 17.8. The van der Waals surface area contributed by atoms with Crippen LogP contribution in [0.3, 0.4) is 0 Å². The highest BCUT2D eigenvalue weighted by molar-refractivity contribution is 6.25. The Morgan fingerprint density at radius 2 is 1.95 bits per heavy atom. The van der Waals surface area contributed by atoms with Crippen LogP contribution in [0.1, 0.15) is 63.1 Å². The van der Waals surface area contributed by atoms with Crippen molar-refractivity contribution in [1.82, 2.24) is 15.1 Å². The molecule has 0 aliphatic carbocycles. The summed E-state index contributed by atoms with van der Waals surface area (Å²) in [6.07, 6.45) is 2.55. The molecule has 2 N–H and O–H groups in total. The van der Waals surface area contributed by atoms with Gasteiger partial charge < -0.3 is 10.1 Å². The van der Waals surface area contributed by atoms with Gasteiger partial charge in [-0.15, -0.1) is 0 Å². The molecule has 0 bridgehead atoms. The van der Waals surface area contributed by atoms with E-state index in [0.29, 0.717) is 12.2 Å². The number of ether oxygens (including phenoxy) is 1. The van der Waals surface area contributed by atoms with E-state index in [4.69, 9.17) is 4.74 Å². The number of fused-ring (bicyclic) bond motifs is 1. The van der Waals surface area contributed by atoms with E-state index in [0.717, 1.165) is 49.5 Å². The number of carbonyl (C=O) groups is 4. The van der Waals surface area contributed by atoms with Crippen LogP contribution in [0.25, 0.3) is 0 Å². The zero-order valence-corrected chi connectivity index (χ0v) is 20.8. The lowest BCUT2D eigenvalue weighted by atomic mass is 9.90. The Bertz CT molecular complexity index is 1310. The molecule has 2 aromatic carbocycles. The second-order valence-corrected chi connectivity index (χ2v) is 10.6. The van der Waals surface area contributed by atoms with E-state index in [-0.39, 0.29) is 29.6 Å². The number of carbonyl (C=O) groups excluding carboxylic acids is 4. The summed E-state index contributed by atoms with van der Waals surface area (Å²) in [5.41, 5.74) is 4.75. The molecule has 37 heavy (non-hydrogen) atoms. The SMILES string of the molecule is Cc1cc(CNc2cccc3c2C(=O)N(C2CCC(=O)NC2=O)C3=O)ccc1CN1CC2(CCCO2)C1. The van der Waals surface area contributed by atoms with Crippen LogP contribution >= 0.6 is 0 Å². The van der Waals surface area contributed by atoms with Crippen molar-refractivity contribution in [3.63, 3.8) is 0 Å². The van der Waals surface area contributed by atoms with E-state index in [2.05, 4.69) is 40.7 Å². The molecule has 4 amide bonds. The predicted molar refractivity (Wildman–Crippen MR) is 135 cm³/mol. The number of nitrogens with one attached hydrogen (secondary N) is 2. The Labute approximate surface area is 215 Å². The first-order valence-corrected chi connectivity index (χ1v) is 12.9. The molecule has 9 heteroatoms. The summed E-state index contributed by atoms with van der Waals surface area (Å²) in [7, 11) is 0. The molecular weight excluding hydrogens is 472 g/mol. The lowest BCUT2D eigenvalue weighted by Crippen LogP contribution is -2.60. The lowest BCUT2D eigenvalue weighted by molar-refractivity contribution is -0.136. The van der Waals surface area contributed by atoms with Crippen LogP contribution in [0.5, 0.6) is 0 Å². The zero-order chi connectivity index (χ0) is 25.7. The van der Waals surface area contributed by atoms with Gasteiger partial charge in [-0.05, 0) is 55.0 Å². The summed E-state index contributed by atoms with van der Waals surface area (Å²) in [6.45, 7) is 6.38. The molecule has 1 unspecified atom stereocenters. The number of benzene rings is 2. The van der Waals surface area contributed by atoms with Crippen molar-refractivity contribution in [2.45, 2.75) is 57.3 Å². The Kier molecular flexibility index (Phi) is 5.84. The van der Waals surface area contributed by atoms with Crippen LogP contribution < -0.4 is 10.6 Å². The molecule has 4 aliphatic heterocycles. The lowest BCUT2D eigenvalue weighted by Gasteiger charge is -2.47. The van der Waals surface area contributed by atoms with Gasteiger partial charge in [0, 0.05) is 44.9 Å². The van der Waals surface area contributed by atoms with Crippen molar-refractivity contribution >= 4 is 29.3 Å². The highest BCUT2D eigenvalue weighted by atomic mass is 16.5. The van der Waals surface area contributed by atoms with Gasteiger partial charge in [-0.25, -0.2) is 0 Å². The summed E-state index contributed by atoms with van der Waals surface area (Å²) in [5, 5.41) is 5.54. The number of hydrogen-bond donors (Lipinski definition) is 2. The van der Waals surface area contributed by atoms with Crippen LogP contribution in [0, 0.1) is 6.92 Å². The summed E-state index contributed by atoms with van der Waals surface area (Å²) < 4.78 is 5.93. The van der Waals surface area contributed by atoms with Crippen LogP contribution in [-0.4, -0.2) is 64.8 Å². The van der Waals surface area contributed by atoms with E-state index in [1.807, 2.05) is 0 Å². The molecule has 2 aromatic rings. The Morgan fingerprint density at radius 1 is 1.11 bits per heavy atom. The van der Waals surface area contributed by atoms with Gasteiger partial charge in [-0.1, -0.05) is 24.3 Å². The third-order valence-corrected chi connectivity index (χ3v) is 7.96. The molecule has 6 rings (SSSR count). The van der Waals surface area contributed by atoms with Gasteiger partial charge in [-0.3, -0.25) is 34.3 Å². The van der Waals surface area contributed by atoms with Gasteiger partial charge in [0.2, 0.25) is 11.8 Å². The zero-order valence-electron chi connectivity index (χ0n) is 20.8. The number of nitrogens with zero attached hydrogens (tertiary/aromatic N) is 2. The quantitative estimate of drug-likeness (QED) is 0.584.